The molecule has 5 heteroatoms. The van der Waals surface area contributed by atoms with Crippen LogP contribution in [-0.2, 0) is 4.79 Å². The molecule has 1 saturated carbocycles. The van der Waals surface area contributed by atoms with Crippen molar-refractivity contribution >= 4 is 12.0 Å². The molecule has 2 N–H and O–H groups in total. The molecular formula is C16H28N2O3. The Bertz CT molecular complexity index is 418. The van der Waals surface area contributed by atoms with Crippen molar-refractivity contribution in [1.29, 1.82) is 0 Å². The lowest BCUT2D eigenvalue weighted by Gasteiger charge is -2.35. The van der Waals surface area contributed by atoms with Gasteiger partial charge in [0.25, 0.3) is 0 Å². The van der Waals surface area contributed by atoms with Crippen LogP contribution in [0, 0.1) is 11.3 Å². The highest BCUT2D eigenvalue weighted by atomic mass is 16.4. The lowest BCUT2D eigenvalue weighted by atomic mass is 9.90. The zero-order valence-electron chi connectivity index (χ0n) is 13.4. The number of likely N-dealkylation sites (tertiary alicyclic amines) is 1. The summed E-state index contributed by atoms with van der Waals surface area (Å²) >= 11 is 0. The van der Waals surface area contributed by atoms with Gasteiger partial charge < -0.3 is 15.3 Å². The van der Waals surface area contributed by atoms with E-state index >= 15 is 0 Å². The van der Waals surface area contributed by atoms with Gasteiger partial charge in [-0.1, -0.05) is 27.2 Å². The minimum Gasteiger partial charge on any atom is -0.479 e. The Balaban J connectivity index is 2.02. The fraction of sp³-hybridized carbons (Fsp3) is 0.875. The van der Waals surface area contributed by atoms with Crippen LogP contribution in [0.25, 0.3) is 0 Å². The van der Waals surface area contributed by atoms with E-state index in [4.69, 9.17) is 0 Å². The first-order valence-electron chi connectivity index (χ1n) is 8.17. The Morgan fingerprint density at radius 1 is 1.29 bits per heavy atom. The molecule has 1 aliphatic carbocycles. The van der Waals surface area contributed by atoms with E-state index in [0.717, 1.165) is 25.7 Å². The van der Waals surface area contributed by atoms with Crippen LogP contribution in [0.4, 0.5) is 4.79 Å². The molecule has 1 heterocycles. The molecule has 2 rings (SSSR count). The largest absolute Gasteiger partial charge is 0.479 e. The van der Waals surface area contributed by atoms with Crippen LogP contribution in [0.15, 0.2) is 0 Å². The topological polar surface area (TPSA) is 69.6 Å². The van der Waals surface area contributed by atoms with Crippen molar-refractivity contribution in [3.63, 3.8) is 0 Å². The first kappa shape index (κ1) is 16.1. The number of hydrogen-bond donors (Lipinski definition) is 2. The Morgan fingerprint density at radius 3 is 2.43 bits per heavy atom. The quantitative estimate of drug-likeness (QED) is 0.792. The van der Waals surface area contributed by atoms with Gasteiger partial charge in [0, 0.05) is 13.1 Å². The van der Waals surface area contributed by atoms with Crippen molar-refractivity contribution in [3.05, 3.63) is 0 Å². The fourth-order valence-corrected chi connectivity index (χ4v) is 3.64. The molecule has 0 aromatic rings. The smallest absolute Gasteiger partial charge is 0.329 e. The lowest BCUT2D eigenvalue weighted by molar-refractivity contribution is -0.148. The summed E-state index contributed by atoms with van der Waals surface area (Å²) < 4.78 is 0. The number of carboxylic acid groups (broad SMARTS) is 1. The second kappa shape index (κ2) is 5.85. The molecule has 0 spiro atoms. The summed E-state index contributed by atoms with van der Waals surface area (Å²) in [5.74, 6) is -0.307. The van der Waals surface area contributed by atoms with Gasteiger partial charge in [-0.25, -0.2) is 9.59 Å². The van der Waals surface area contributed by atoms with Crippen LogP contribution in [0.2, 0.25) is 0 Å². The van der Waals surface area contributed by atoms with Gasteiger partial charge in [-0.2, -0.15) is 0 Å². The van der Waals surface area contributed by atoms with E-state index in [2.05, 4.69) is 19.2 Å². The normalized spacial score (nSPS) is 27.0. The number of carbonyl (C=O) groups excluding carboxylic acids is 1. The Hall–Kier alpha value is -1.26. The minimum absolute atomic E-state index is 0.199. The lowest BCUT2D eigenvalue weighted by Crippen LogP contribution is -2.56. The van der Waals surface area contributed by atoms with E-state index in [1.54, 1.807) is 4.90 Å². The molecule has 2 aliphatic rings. The predicted octanol–water partition coefficient (Wildman–Crippen LogP) is 2.85. The van der Waals surface area contributed by atoms with Crippen LogP contribution >= 0.6 is 0 Å². The SMILES string of the molecule is CCCC1(C(=O)O)CCCN1C(=O)NCC1(C(C)C)CC1. The molecule has 1 unspecified atom stereocenters. The van der Waals surface area contributed by atoms with E-state index < -0.39 is 11.5 Å². The van der Waals surface area contributed by atoms with Crippen LogP contribution in [0.3, 0.4) is 0 Å². The van der Waals surface area contributed by atoms with Gasteiger partial charge in [-0.05, 0) is 43.4 Å². The summed E-state index contributed by atoms with van der Waals surface area (Å²) in [4.78, 5) is 25.8. The number of hydrogen-bond acceptors (Lipinski definition) is 2. The van der Waals surface area contributed by atoms with Crippen molar-refractivity contribution in [1.82, 2.24) is 10.2 Å². The molecule has 21 heavy (non-hydrogen) atoms. The maximum Gasteiger partial charge on any atom is 0.329 e. The summed E-state index contributed by atoms with van der Waals surface area (Å²) in [7, 11) is 0. The number of rotatable bonds is 6. The van der Waals surface area contributed by atoms with Gasteiger partial charge >= 0.3 is 12.0 Å². The minimum atomic E-state index is -0.993. The maximum absolute atomic E-state index is 12.5. The molecule has 120 valence electrons. The van der Waals surface area contributed by atoms with Crippen LogP contribution in [0.5, 0.6) is 0 Å². The standard InChI is InChI=1S/C16H28N2O3/c1-4-6-16(13(19)20)7-5-10-18(16)14(21)17-11-15(8-9-15)12(2)3/h12H,4-11H2,1-3H3,(H,17,21)(H,19,20). The van der Waals surface area contributed by atoms with E-state index in [1.165, 1.54) is 0 Å². The molecule has 0 radical (unpaired) electrons. The monoisotopic (exact) mass is 296 g/mol. The van der Waals surface area contributed by atoms with Crippen molar-refractivity contribution in [2.45, 2.75) is 64.8 Å². The molecule has 5 nitrogen and oxygen atoms in total. The highest BCUT2D eigenvalue weighted by molar-refractivity contribution is 5.87. The number of carboxylic acids is 1. The third-order valence-corrected chi connectivity index (χ3v) is 5.50. The van der Waals surface area contributed by atoms with Gasteiger partial charge in [-0.15, -0.1) is 0 Å². The number of nitrogens with zero attached hydrogens (tertiary/aromatic N) is 1. The first-order chi connectivity index (χ1) is 9.88. The average molecular weight is 296 g/mol. The van der Waals surface area contributed by atoms with Gasteiger partial charge in [0.2, 0.25) is 0 Å². The highest BCUT2D eigenvalue weighted by Crippen LogP contribution is 2.51. The molecule has 0 aromatic heterocycles. The summed E-state index contributed by atoms with van der Waals surface area (Å²) in [6.07, 6.45) is 4.96. The summed E-state index contributed by atoms with van der Waals surface area (Å²) in [5, 5.41) is 12.6. The Labute approximate surface area is 127 Å². The van der Waals surface area contributed by atoms with Crippen LogP contribution in [-0.4, -0.2) is 40.6 Å². The summed E-state index contributed by atoms with van der Waals surface area (Å²) in [5.41, 5.74) is -0.751. The van der Waals surface area contributed by atoms with Crippen LogP contribution < -0.4 is 5.32 Å². The molecule has 0 bridgehead atoms. The van der Waals surface area contributed by atoms with Gasteiger partial charge in [0.1, 0.15) is 5.54 Å². The predicted molar refractivity (Wildman–Crippen MR) is 81.1 cm³/mol. The first-order valence-corrected chi connectivity index (χ1v) is 8.17. The zero-order chi connectivity index (χ0) is 15.7. The number of nitrogens with one attached hydrogen (secondary N) is 1. The Morgan fingerprint density at radius 2 is 1.95 bits per heavy atom. The Kier molecular flexibility index (Phi) is 4.49. The number of carbonyl (C=O) groups is 2. The van der Waals surface area contributed by atoms with E-state index in [0.29, 0.717) is 31.8 Å². The van der Waals surface area contributed by atoms with Crippen molar-refractivity contribution in [3.8, 4) is 0 Å². The third kappa shape index (κ3) is 2.87. The zero-order valence-corrected chi connectivity index (χ0v) is 13.4. The average Bonchev–Trinajstić information content (AvgIpc) is 3.10. The molecule has 0 aromatic carbocycles. The van der Waals surface area contributed by atoms with Gasteiger partial charge in [0.15, 0.2) is 0 Å². The van der Waals surface area contributed by atoms with Crippen LogP contribution in [0.1, 0.15) is 59.3 Å². The molecule has 2 fully saturated rings. The molecular weight excluding hydrogens is 268 g/mol. The number of aliphatic carboxylic acids is 1. The van der Waals surface area contributed by atoms with Crippen molar-refractivity contribution in [2.24, 2.45) is 11.3 Å². The van der Waals surface area contributed by atoms with Gasteiger partial charge in [-0.3, -0.25) is 0 Å². The van der Waals surface area contributed by atoms with E-state index in [-0.39, 0.29) is 11.4 Å². The molecule has 1 atom stereocenters. The number of urea groups is 1. The molecule has 1 saturated heterocycles. The van der Waals surface area contributed by atoms with Gasteiger partial charge in [0.05, 0.1) is 0 Å². The second-order valence-corrected chi connectivity index (χ2v) is 7.02. The van der Waals surface area contributed by atoms with E-state index in [1.807, 2.05) is 6.92 Å². The van der Waals surface area contributed by atoms with E-state index in [9.17, 15) is 14.7 Å². The second-order valence-electron chi connectivity index (χ2n) is 7.02. The fourth-order valence-electron chi connectivity index (χ4n) is 3.64. The maximum atomic E-state index is 12.5. The summed E-state index contributed by atoms with van der Waals surface area (Å²) in [6, 6.07) is -0.199. The third-order valence-electron chi connectivity index (χ3n) is 5.50. The highest BCUT2D eigenvalue weighted by Gasteiger charge is 2.50. The number of amides is 2. The van der Waals surface area contributed by atoms with Crippen molar-refractivity contribution in [2.75, 3.05) is 13.1 Å². The van der Waals surface area contributed by atoms with Crippen molar-refractivity contribution < 1.29 is 14.7 Å². The summed E-state index contributed by atoms with van der Waals surface area (Å²) in [6.45, 7) is 7.56. The molecule has 1 aliphatic heterocycles. The molecule has 2 amide bonds.